The molecule has 23 heavy (non-hydrogen) atoms. The van der Waals surface area contributed by atoms with Gasteiger partial charge in [-0.1, -0.05) is 25.2 Å². The smallest absolute Gasteiger partial charge is 0.540 e. The number of nitrogens with one attached hydrogen (secondary N) is 1. The van der Waals surface area contributed by atoms with E-state index in [2.05, 4.69) is 10.3 Å². The van der Waals surface area contributed by atoms with E-state index >= 15 is 0 Å². The van der Waals surface area contributed by atoms with Crippen LogP contribution < -0.4 is 29.3 Å². The van der Waals surface area contributed by atoms with Gasteiger partial charge < -0.3 is 9.90 Å². The second-order valence-corrected chi connectivity index (χ2v) is 6.82. The van der Waals surface area contributed by atoms with E-state index in [0.717, 1.165) is 18.4 Å². The largest absolute Gasteiger partial charge is 1.00 e. The number of anilines is 1. The van der Waals surface area contributed by atoms with Gasteiger partial charge >= 0.3 is 24.9 Å². The summed E-state index contributed by atoms with van der Waals surface area (Å²) in [5.41, 5.74) is 0.414. The Kier molecular flexibility index (Phi) is 5.74. The summed E-state index contributed by atoms with van der Waals surface area (Å²) in [5, 5.41) is 12.9. The fourth-order valence-electron chi connectivity index (χ4n) is 2.18. The van der Waals surface area contributed by atoms with E-state index in [1.165, 1.54) is 0 Å². The third-order valence-corrected chi connectivity index (χ3v) is 4.29. The summed E-state index contributed by atoms with van der Waals surface area (Å²) in [6, 6.07) is -0.952. The molecule has 0 spiro atoms. The quantitative estimate of drug-likeness (QED) is 0.434. The number of carbonyl (C=O) groups excluding carboxylic acids is 4. The molecular weight excluding hydrogens is 317 g/mol. The molecule has 8 nitrogen and oxygen atoms in total. The number of aliphatic carboxylic acids is 1. The van der Waals surface area contributed by atoms with E-state index in [4.69, 9.17) is 0 Å². The summed E-state index contributed by atoms with van der Waals surface area (Å²) in [7, 11) is 1.01. The molecule has 2 rings (SSSR count). The van der Waals surface area contributed by atoms with Gasteiger partial charge in [0.2, 0.25) is 0 Å². The van der Waals surface area contributed by atoms with Crippen molar-refractivity contribution in [1.82, 2.24) is 9.88 Å². The average molecular weight is 331 g/mol. The van der Waals surface area contributed by atoms with Crippen molar-refractivity contribution in [1.29, 1.82) is 0 Å². The molecule has 1 aliphatic carbocycles. The van der Waals surface area contributed by atoms with Crippen molar-refractivity contribution in [3.8, 4) is 0 Å². The third-order valence-electron chi connectivity index (χ3n) is 3.23. The molecule has 118 valence electrons. The summed E-state index contributed by atoms with van der Waals surface area (Å²) in [6.45, 7) is 3.91. The minimum absolute atomic E-state index is 0. The van der Waals surface area contributed by atoms with Gasteiger partial charge in [0.1, 0.15) is 5.97 Å². The van der Waals surface area contributed by atoms with Crippen LogP contribution >= 0.6 is 11.3 Å². The molecule has 1 aromatic heterocycles. The van der Waals surface area contributed by atoms with Gasteiger partial charge in [-0.15, -0.1) is 0 Å². The maximum atomic E-state index is 12.0. The number of thiazole rings is 1. The maximum Gasteiger partial charge on any atom is 1.00 e. The molecule has 0 aromatic carbocycles. The number of aromatic nitrogens is 1. The number of carboxylic acid groups (broad SMARTS) is 1. The number of hydrogen-bond acceptors (Lipinski definition) is 7. The molecule has 0 aliphatic heterocycles. The molecule has 0 unspecified atom stereocenters. The van der Waals surface area contributed by atoms with Gasteiger partial charge in [-0.25, -0.2) is 9.78 Å². The van der Waals surface area contributed by atoms with Gasteiger partial charge in [0.05, 0.1) is 10.6 Å². The molecule has 0 saturated carbocycles. The van der Waals surface area contributed by atoms with Gasteiger partial charge in [-0.05, 0) is 11.8 Å². The minimum Gasteiger partial charge on any atom is -0.540 e. The number of imide groups is 1. The number of likely N-dealkylation sites (N-methyl/N-ethyl adjacent to an activating group) is 1. The second-order valence-electron chi connectivity index (χ2n) is 5.82. The van der Waals surface area contributed by atoms with E-state index in [-0.39, 0.29) is 35.2 Å². The molecule has 0 bridgehead atoms. The number of carboxylic acids is 1. The standard InChI is InChI=1S/C13H15N3O5S.Li/c1-13(2)4-6-8(7(17)5-13)22-11(14-6)15-12(21)16(3)9(18)10(19)20;/h4-5H2,1-3H3,(H,19,20)(H,14,15,21);/q;+1/p-1. The van der Waals surface area contributed by atoms with Crippen molar-refractivity contribution < 1.29 is 43.1 Å². The Hall–Kier alpha value is -1.69. The minimum atomic E-state index is -1.98. The predicted octanol–water partition coefficient (Wildman–Crippen LogP) is -2.96. The number of urea groups is 1. The molecule has 0 fully saturated rings. The molecule has 3 amide bonds. The fraction of sp³-hybridized carbons (Fsp3) is 0.462. The van der Waals surface area contributed by atoms with Crippen LogP contribution in [0.1, 0.15) is 35.6 Å². The number of hydrogen-bond donors (Lipinski definition) is 1. The first-order valence-corrected chi connectivity index (χ1v) is 7.25. The van der Waals surface area contributed by atoms with Crippen molar-refractivity contribution >= 4 is 40.2 Å². The van der Waals surface area contributed by atoms with Gasteiger partial charge in [-0.3, -0.25) is 19.8 Å². The van der Waals surface area contributed by atoms with Crippen LogP contribution in [0.4, 0.5) is 9.93 Å². The van der Waals surface area contributed by atoms with E-state index in [1.807, 2.05) is 13.8 Å². The Balaban J connectivity index is 0.00000264. The maximum absolute atomic E-state index is 12.0. The van der Waals surface area contributed by atoms with Crippen molar-refractivity contribution in [2.75, 3.05) is 12.4 Å². The number of nitrogens with zero attached hydrogens (tertiary/aromatic N) is 2. The topological polar surface area (TPSA) is 120 Å². The summed E-state index contributed by atoms with van der Waals surface area (Å²) >= 11 is 1.02. The molecule has 1 aliphatic rings. The number of Topliss-reactive ketones (excluding diaryl/α,β-unsaturated/α-hetero) is 1. The first kappa shape index (κ1) is 19.4. The Morgan fingerprint density at radius 2 is 1.91 bits per heavy atom. The van der Waals surface area contributed by atoms with E-state index in [1.54, 1.807) is 0 Å². The number of amides is 3. The molecular formula is C13H14LiN3O5S. The van der Waals surface area contributed by atoms with Crippen molar-refractivity contribution in [2.24, 2.45) is 5.41 Å². The van der Waals surface area contributed by atoms with Crippen molar-refractivity contribution in [2.45, 2.75) is 26.7 Å². The van der Waals surface area contributed by atoms with Gasteiger partial charge in [-0.2, -0.15) is 0 Å². The number of rotatable bonds is 1. The van der Waals surface area contributed by atoms with Crippen LogP contribution in [0.3, 0.4) is 0 Å². The molecule has 1 heterocycles. The first-order chi connectivity index (χ1) is 10.1. The Bertz CT molecular complexity index is 685. The Morgan fingerprint density at radius 1 is 1.30 bits per heavy atom. The van der Waals surface area contributed by atoms with E-state index in [0.29, 0.717) is 28.3 Å². The van der Waals surface area contributed by atoms with Crippen LogP contribution in [-0.2, 0) is 16.0 Å². The van der Waals surface area contributed by atoms with E-state index < -0.39 is 17.9 Å². The fourth-order valence-corrected chi connectivity index (χ4v) is 3.09. The van der Waals surface area contributed by atoms with Crippen LogP contribution in [0.2, 0.25) is 0 Å². The molecule has 10 heteroatoms. The van der Waals surface area contributed by atoms with Gasteiger partial charge in [0, 0.05) is 13.5 Å². The predicted molar refractivity (Wildman–Crippen MR) is 75.3 cm³/mol. The van der Waals surface area contributed by atoms with Crippen LogP contribution in [0.5, 0.6) is 0 Å². The van der Waals surface area contributed by atoms with Gasteiger partial charge in [0.25, 0.3) is 5.91 Å². The normalized spacial score (nSPS) is 15.2. The van der Waals surface area contributed by atoms with E-state index in [9.17, 15) is 24.3 Å². The zero-order valence-electron chi connectivity index (χ0n) is 13.3. The zero-order valence-corrected chi connectivity index (χ0v) is 14.1. The van der Waals surface area contributed by atoms with Crippen LogP contribution in [0.15, 0.2) is 0 Å². The zero-order chi connectivity index (χ0) is 16.7. The third kappa shape index (κ3) is 4.19. The molecule has 0 saturated heterocycles. The molecule has 1 aromatic rings. The summed E-state index contributed by atoms with van der Waals surface area (Å²) in [6.07, 6.45) is 1.01. The summed E-state index contributed by atoms with van der Waals surface area (Å²) in [5.74, 6) is -3.48. The van der Waals surface area contributed by atoms with Gasteiger partial charge in [0.15, 0.2) is 10.9 Å². The second kappa shape index (κ2) is 6.82. The monoisotopic (exact) mass is 331 g/mol. The molecule has 0 atom stereocenters. The SMILES string of the molecule is CN(C(=O)Nc1nc2c(s1)C(=O)CC(C)(C)C2)C(=O)C(=O)[O-].[Li+]. The van der Waals surface area contributed by atoms with Crippen LogP contribution in [0, 0.1) is 5.41 Å². The number of fused-ring (bicyclic) bond motifs is 1. The number of ketones is 1. The molecule has 0 radical (unpaired) electrons. The van der Waals surface area contributed by atoms with Crippen LogP contribution in [-0.4, -0.2) is 40.6 Å². The van der Waals surface area contributed by atoms with Crippen molar-refractivity contribution in [3.63, 3.8) is 0 Å². The molecule has 1 N–H and O–H groups in total. The average Bonchev–Trinajstić information content (AvgIpc) is 2.77. The Morgan fingerprint density at radius 3 is 2.48 bits per heavy atom. The Labute approximate surface area is 148 Å². The van der Waals surface area contributed by atoms with Crippen LogP contribution in [0.25, 0.3) is 0 Å². The van der Waals surface area contributed by atoms with Crippen molar-refractivity contribution in [3.05, 3.63) is 10.6 Å². The first-order valence-electron chi connectivity index (χ1n) is 6.43. The summed E-state index contributed by atoms with van der Waals surface area (Å²) in [4.78, 5) is 50.4. The number of carbonyl (C=O) groups is 4. The summed E-state index contributed by atoms with van der Waals surface area (Å²) < 4.78 is 0.